The second kappa shape index (κ2) is 18.9. The molecule has 3 aliphatic rings. The Kier molecular flexibility index (Phi) is 15.0. The first-order chi connectivity index (χ1) is 27.3. The largest absolute Gasteiger partial charge is 0.466 e. The first kappa shape index (κ1) is 47.0. The van der Waals surface area contributed by atoms with E-state index in [0.29, 0.717) is 48.9 Å². The van der Waals surface area contributed by atoms with Crippen molar-refractivity contribution in [2.45, 2.75) is 128 Å². The molecule has 3 saturated heterocycles. The summed E-state index contributed by atoms with van der Waals surface area (Å²) in [6.45, 7) is 20.3. The molecular formula is C43H64ClN5O8S2. The first-order valence-corrected chi connectivity index (χ1v) is 24.3. The summed E-state index contributed by atoms with van der Waals surface area (Å²) in [5.41, 5.74) is 2.97. The third-order valence-corrected chi connectivity index (χ3v) is 14.5. The minimum absolute atomic E-state index is 0. The molecule has 0 unspecified atom stereocenters. The second-order valence-corrected chi connectivity index (χ2v) is 22.4. The van der Waals surface area contributed by atoms with Gasteiger partial charge in [-0.1, -0.05) is 49.0 Å². The van der Waals surface area contributed by atoms with E-state index in [-0.39, 0.29) is 40.6 Å². The second-order valence-electron chi connectivity index (χ2n) is 17.9. The molecule has 3 aliphatic heterocycles. The normalized spacial score (nSPS) is 19.3. The number of hydrogen-bond acceptors (Lipinski definition) is 10. The van der Waals surface area contributed by atoms with Crippen LogP contribution in [-0.2, 0) is 62.0 Å². The summed E-state index contributed by atoms with van der Waals surface area (Å²) in [6.07, 6.45) is 5.40. The number of esters is 1. The highest BCUT2D eigenvalue weighted by atomic mass is 35.7. The van der Waals surface area contributed by atoms with Crippen LogP contribution in [0.25, 0.3) is 22.1 Å². The Morgan fingerprint density at radius 3 is 1.66 bits per heavy atom. The molecular weight excluding hydrogens is 814 g/mol. The summed E-state index contributed by atoms with van der Waals surface area (Å²) in [5, 5.41) is 0. The number of imidazole rings is 2. The number of fused-ring (bicyclic) bond motifs is 2. The molecule has 3 fully saturated rings. The molecule has 2 aromatic carbocycles. The molecule has 0 saturated carbocycles. The Labute approximate surface area is 355 Å². The molecule has 4 aromatic rings. The van der Waals surface area contributed by atoms with Crippen LogP contribution >= 0.6 is 10.7 Å². The van der Waals surface area contributed by atoms with Crippen LogP contribution in [0.2, 0.25) is 0 Å². The lowest BCUT2D eigenvalue weighted by Gasteiger charge is -2.30. The number of sulfonamides is 1. The average molecular weight is 879 g/mol. The number of hydrogen-bond donors (Lipinski definition) is 0. The van der Waals surface area contributed by atoms with E-state index in [1.807, 2.05) is 12.1 Å². The minimum Gasteiger partial charge on any atom is -0.466 e. The van der Waals surface area contributed by atoms with Crippen LogP contribution in [0.5, 0.6) is 0 Å². The van der Waals surface area contributed by atoms with Gasteiger partial charge < -0.3 is 23.3 Å². The zero-order valence-electron chi connectivity index (χ0n) is 35.0. The van der Waals surface area contributed by atoms with Crippen molar-refractivity contribution >= 4 is 57.8 Å². The summed E-state index contributed by atoms with van der Waals surface area (Å²) in [4.78, 5) is 22.2. The Morgan fingerprint density at radius 1 is 0.763 bits per heavy atom. The molecule has 0 aliphatic carbocycles. The van der Waals surface area contributed by atoms with E-state index in [0.717, 1.165) is 87.9 Å². The van der Waals surface area contributed by atoms with E-state index >= 15 is 0 Å². The maximum Gasteiger partial charge on any atom is 0.310 e. The summed E-state index contributed by atoms with van der Waals surface area (Å²) in [6, 6.07) is 10.2. The fraction of sp³-hybridized carbons (Fsp3) is 0.651. The van der Waals surface area contributed by atoms with Gasteiger partial charge in [0.1, 0.15) is 11.6 Å². The van der Waals surface area contributed by atoms with Gasteiger partial charge in [0, 0.05) is 74.1 Å². The van der Waals surface area contributed by atoms with Gasteiger partial charge in [0.25, 0.3) is 9.05 Å². The lowest BCUT2D eigenvalue weighted by Crippen LogP contribution is -2.42. The molecule has 328 valence electrons. The fourth-order valence-corrected chi connectivity index (χ4v) is 10.5. The van der Waals surface area contributed by atoms with Crippen molar-refractivity contribution in [1.29, 1.82) is 0 Å². The van der Waals surface area contributed by atoms with E-state index in [9.17, 15) is 21.6 Å². The van der Waals surface area contributed by atoms with Crippen molar-refractivity contribution in [3.63, 3.8) is 0 Å². The molecule has 59 heavy (non-hydrogen) atoms. The summed E-state index contributed by atoms with van der Waals surface area (Å²) in [7, 11) is -2.02. The Morgan fingerprint density at radius 2 is 1.22 bits per heavy atom. The molecule has 16 heteroatoms. The lowest BCUT2D eigenvalue weighted by molar-refractivity contribution is -0.149. The van der Waals surface area contributed by atoms with Crippen LogP contribution in [0, 0.1) is 17.8 Å². The average Bonchev–Trinajstić information content (AvgIpc) is 3.74. The molecule has 0 amide bonds. The maximum absolute atomic E-state index is 13.5. The van der Waals surface area contributed by atoms with Gasteiger partial charge in [-0.05, 0) is 93.7 Å². The third-order valence-electron chi connectivity index (χ3n) is 11.3. The highest BCUT2D eigenvalue weighted by molar-refractivity contribution is 8.13. The van der Waals surface area contributed by atoms with Crippen molar-refractivity contribution in [3.8, 4) is 0 Å². The molecule has 0 bridgehead atoms. The van der Waals surface area contributed by atoms with Crippen molar-refractivity contribution in [1.82, 2.24) is 23.4 Å². The van der Waals surface area contributed by atoms with Crippen molar-refractivity contribution in [3.05, 3.63) is 48.0 Å². The van der Waals surface area contributed by atoms with Crippen LogP contribution < -0.4 is 0 Å². The van der Waals surface area contributed by atoms with Gasteiger partial charge in [0.2, 0.25) is 10.0 Å². The lowest BCUT2D eigenvalue weighted by atomic mass is 9.94. The van der Waals surface area contributed by atoms with E-state index in [4.69, 9.17) is 34.9 Å². The number of carbonyl (C=O) groups excluding carboxylic acids is 1. The molecule has 0 spiro atoms. The van der Waals surface area contributed by atoms with Crippen molar-refractivity contribution < 1.29 is 35.8 Å². The Hall–Kier alpha value is -3.08. The standard InChI is InChI=1S/C25H37N3O5S.C17H23ClN2O3S.CH4/c1-5-33-23(29)19-7-6-12-27(17-19)34(30,31)20-8-9-22-21(15-20)26-24(25(2,3)4)28(22)16-18-10-13-32-14-11-18;1-17(2,3)16-19-14-10-13(24(18,21)22)4-5-15(14)20(16)11-12-6-8-23-9-7-12;/h8-9,15,18-19H,5-7,10-14,16-17H2,1-4H3;4-5,10,12H,6-9,11H2,1-3H3;1H4/t19-;;/m0../s1. The van der Waals surface area contributed by atoms with Gasteiger partial charge in [0.05, 0.1) is 44.4 Å². The predicted octanol–water partition coefficient (Wildman–Crippen LogP) is 8.05. The molecule has 1 atom stereocenters. The van der Waals surface area contributed by atoms with Gasteiger partial charge in [-0.3, -0.25) is 4.79 Å². The Balaban J connectivity index is 0.000000233. The number of nitrogens with zero attached hydrogens (tertiary/aromatic N) is 5. The van der Waals surface area contributed by atoms with Gasteiger partial charge >= 0.3 is 5.97 Å². The molecule has 2 aromatic heterocycles. The topological polar surface area (TPSA) is 152 Å². The molecule has 7 rings (SSSR count). The molecule has 0 N–H and O–H groups in total. The van der Waals surface area contributed by atoms with Crippen LogP contribution in [-0.4, -0.2) is 92.3 Å². The SMILES string of the molecule is C.CC(C)(C)c1nc2cc(S(=O)(=O)Cl)ccc2n1CC1CCOCC1.CCOC(=O)[C@H]1CCCN(S(=O)(=O)c2ccc3c(c2)nc(C(C)(C)C)n3CC2CCOCC2)C1. The highest BCUT2D eigenvalue weighted by Gasteiger charge is 2.35. The molecule has 13 nitrogen and oxygen atoms in total. The number of benzene rings is 2. The van der Waals surface area contributed by atoms with E-state index in [1.165, 1.54) is 4.31 Å². The van der Waals surface area contributed by atoms with E-state index < -0.39 is 25.0 Å². The maximum atomic E-state index is 13.5. The monoisotopic (exact) mass is 877 g/mol. The van der Waals surface area contributed by atoms with Gasteiger partial charge in [-0.15, -0.1) is 0 Å². The van der Waals surface area contributed by atoms with Gasteiger partial charge in [-0.2, -0.15) is 4.31 Å². The first-order valence-electron chi connectivity index (χ1n) is 20.6. The summed E-state index contributed by atoms with van der Waals surface area (Å²) in [5.74, 6) is 2.26. The number of rotatable bonds is 9. The zero-order chi connectivity index (χ0) is 42.0. The number of piperidine rings is 1. The Bertz CT molecular complexity index is 2300. The highest BCUT2D eigenvalue weighted by Crippen LogP contribution is 2.33. The number of halogens is 1. The smallest absolute Gasteiger partial charge is 0.310 e. The van der Waals surface area contributed by atoms with Crippen LogP contribution in [0.1, 0.15) is 106 Å². The van der Waals surface area contributed by atoms with Crippen LogP contribution in [0.15, 0.2) is 46.2 Å². The van der Waals surface area contributed by atoms with Crippen LogP contribution in [0.3, 0.4) is 0 Å². The third kappa shape index (κ3) is 11.1. The minimum atomic E-state index is -3.75. The zero-order valence-corrected chi connectivity index (χ0v) is 37.4. The number of ether oxygens (including phenoxy) is 3. The summed E-state index contributed by atoms with van der Waals surface area (Å²) < 4.78 is 72.2. The molecule has 5 heterocycles. The number of aromatic nitrogens is 4. The van der Waals surface area contributed by atoms with E-state index in [2.05, 4.69) is 50.7 Å². The number of carbonyl (C=O) groups is 1. The van der Waals surface area contributed by atoms with Crippen LogP contribution in [0.4, 0.5) is 0 Å². The quantitative estimate of drug-likeness (QED) is 0.119. The van der Waals surface area contributed by atoms with Crippen molar-refractivity contribution in [2.75, 3.05) is 46.1 Å². The predicted molar refractivity (Wildman–Crippen MR) is 232 cm³/mol. The van der Waals surface area contributed by atoms with Gasteiger partial charge in [0.15, 0.2) is 0 Å². The molecule has 0 radical (unpaired) electrons. The summed E-state index contributed by atoms with van der Waals surface area (Å²) >= 11 is 0. The fourth-order valence-electron chi connectivity index (χ4n) is 8.18. The van der Waals surface area contributed by atoms with E-state index in [1.54, 1.807) is 31.2 Å². The van der Waals surface area contributed by atoms with Gasteiger partial charge in [-0.25, -0.2) is 26.8 Å². The van der Waals surface area contributed by atoms with Crippen molar-refractivity contribution in [2.24, 2.45) is 17.8 Å².